The molecule has 43 heavy (non-hydrogen) atoms. The van der Waals surface area contributed by atoms with E-state index in [-0.39, 0.29) is 0 Å². The molecule has 0 N–H and O–H groups in total. The summed E-state index contributed by atoms with van der Waals surface area (Å²) in [6, 6.07) is 27.5. The van der Waals surface area contributed by atoms with E-state index in [0.717, 1.165) is 70.7 Å². The van der Waals surface area contributed by atoms with Crippen molar-refractivity contribution in [2.24, 2.45) is 59.2 Å². The maximum Gasteiger partial charge on any atom is 0.138 e. The van der Waals surface area contributed by atoms with E-state index < -0.39 is 0 Å². The molecular weight excluding hydrogens is 520 g/mol. The van der Waals surface area contributed by atoms with Crippen molar-refractivity contribution in [3.05, 3.63) is 83.9 Å². The first kappa shape index (κ1) is 25.8. The van der Waals surface area contributed by atoms with Gasteiger partial charge in [0.25, 0.3) is 0 Å². The SMILES string of the molecule is c1ccc(C2CCC3C(C2)C2CC(c4cccc5c4oc4ccccc45)CC4C5CCCCC5C5CCCC3C5C42)cc1. The topological polar surface area (TPSA) is 13.1 Å². The van der Waals surface area contributed by atoms with Gasteiger partial charge in [-0.25, -0.2) is 0 Å². The zero-order chi connectivity index (χ0) is 28.1. The summed E-state index contributed by atoms with van der Waals surface area (Å²) in [4.78, 5) is 0. The second kappa shape index (κ2) is 9.98. The number of para-hydroxylation sites is 2. The van der Waals surface area contributed by atoms with Crippen LogP contribution >= 0.6 is 0 Å². The average Bonchev–Trinajstić information content (AvgIpc) is 3.47. The largest absolute Gasteiger partial charge is 0.456 e. The maximum atomic E-state index is 6.73. The maximum absolute atomic E-state index is 6.73. The Balaban J connectivity index is 1.10. The van der Waals surface area contributed by atoms with E-state index in [1.54, 1.807) is 30.4 Å². The molecule has 0 spiro atoms. The quantitative estimate of drug-likeness (QED) is 0.234. The van der Waals surface area contributed by atoms with Crippen LogP contribution < -0.4 is 0 Å². The summed E-state index contributed by atoms with van der Waals surface area (Å²) in [5, 5.41) is 2.63. The van der Waals surface area contributed by atoms with E-state index in [0.29, 0.717) is 5.92 Å². The van der Waals surface area contributed by atoms with Crippen LogP contribution in [0.3, 0.4) is 0 Å². The van der Waals surface area contributed by atoms with Crippen molar-refractivity contribution < 1.29 is 4.42 Å². The Bertz CT molecular complexity index is 1630. The molecular formula is C42H48O. The van der Waals surface area contributed by atoms with Crippen LogP contribution in [0.1, 0.15) is 100 Å². The van der Waals surface area contributed by atoms with Crippen molar-refractivity contribution in [3.63, 3.8) is 0 Å². The number of furan rings is 1. The Morgan fingerprint density at radius 1 is 0.442 bits per heavy atom. The normalized spacial score (nSPS) is 41.8. The highest BCUT2D eigenvalue weighted by Gasteiger charge is 2.63. The van der Waals surface area contributed by atoms with E-state index in [1.165, 1.54) is 74.1 Å². The minimum atomic E-state index is 0.646. The fourth-order valence-electron chi connectivity index (χ4n) is 13.6. The van der Waals surface area contributed by atoms with E-state index in [1.807, 2.05) is 0 Å². The van der Waals surface area contributed by atoms with Gasteiger partial charge in [0.05, 0.1) is 0 Å². The first-order valence-corrected chi connectivity index (χ1v) is 18.3. The van der Waals surface area contributed by atoms with Crippen molar-refractivity contribution in [2.45, 2.75) is 88.9 Å². The molecule has 12 atom stereocenters. The summed E-state index contributed by atoms with van der Waals surface area (Å²) in [7, 11) is 0. The predicted octanol–water partition coefficient (Wildman–Crippen LogP) is 11.4. The molecule has 6 saturated carbocycles. The zero-order valence-electron chi connectivity index (χ0n) is 25.7. The molecule has 10 rings (SSSR count). The number of benzene rings is 3. The molecule has 4 aromatic rings. The lowest BCUT2D eigenvalue weighted by Gasteiger charge is -2.68. The lowest BCUT2D eigenvalue weighted by atomic mass is 9.37. The smallest absolute Gasteiger partial charge is 0.138 e. The van der Waals surface area contributed by atoms with Crippen molar-refractivity contribution in [2.75, 3.05) is 0 Å². The van der Waals surface area contributed by atoms with Crippen molar-refractivity contribution in [3.8, 4) is 0 Å². The first-order chi connectivity index (χ1) is 21.3. The third kappa shape index (κ3) is 3.82. The Labute approximate surface area is 257 Å². The van der Waals surface area contributed by atoms with Crippen molar-refractivity contribution in [1.29, 1.82) is 0 Å². The van der Waals surface area contributed by atoms with Gasteiger partial charge in [-0.15, -0.1) is 0 Å². The molecule has 0 bridgehead atoms. The Kier molecular flexibility index (Phi) is 5.98. The lowest BCUT2D eigenvalue weighted by Crippen LogP contribution is -2.62. The molecule has 6 aliphatic carbocycles. The number of hydrogen-bond acceptors (Lipinski definition) is 1. The molecule has 1 heterocycles. The molecule has 6 fully saturated rings. The van der Waals surface area contributed by atoms with Crippen LogP contribution in [0, 0.1) is 59.2 Å². The summed E-state index contributed by atoms with van der Waals surface area (Å²) >= 11 is 0. The Hall–Kier alpha value is -2.54. The highest BCUT2D eigenvalue weighted by atomic mass is 16.3. The van der Waals surface area contributed by atoms with Crippen molar-refractivity contribution in [1.82, 2.24) is 0 Å². The second-order valence-electron chi connectivity index (χ2n) is 16.1. The summed E-state index contributed by atoms with van der Waals surface area (Å²) in [5.41, 5.74) is 5.43. The van der Waals surface area contributed by atoms with Gasteiger partial charge in [-0.2, -0.15) is 0 Å². The van der Waals surface area contributed by atoms with Gasteiger partial charge < -0.3 is 4.42 Å². The molecule has 12 unspecified atom stereocenters. The molecule has 222 valence electrons. The molecule has 6 aliphatic rings. The molecule has 0 saturated heterocycles. The van der Waals surface area contributed by atoms with Gasteiger partial charge in [0.15, 0.2) is 0 Å². The van der Waals surface area contributed by atoms with Gasteiger partial charge in [0.1, 0.15) is 11.2 Å². The Morgan fingerprint density at radius 3 is 1.91 bits per heavy atom. The van der Waals surface area contributed by atoms with Gasteiger partial charge in [0.2, 0.25) is 0 Å². The van der Waals surface area contributed by atoms with Gasteiger partial charge in [-0.05, 0) is 146 Å². The van der Waals surface area contributed by atoms with Gasteiger partial charge in [-0.1, -0.05) is 86.0 Å². The van der Waals surface area contributed by atoms with Crippen molar-refractivity contribution >= 4 is 21.9 Å². The molecule has 0 amide bonds. The first-order valence-electron chi connectivity index (χ1n) is 18.3. The van der Waals surface area contributed by atoms with Crippen LogP contribution in [0.25, 0.3) is 21.9 Å². The molecule has 1 nitrogen and oxygen atoms in total. The van der Waals surface area contributed by atoms with E-state index in [4.69, 9.17) is 4.42 Å². The molecule has 1 aromatic heterocycles. The molecule has 1 heteroatoms. The fourth-order valence-corrected chi connectivity index (χ4v) is 13.6. The highest BCUT2D eigenvalue weighted by molar-refractivity contribution is 6.05. The monoisotopic (exact) mass is 568 g/mol. The van der Waals surface area contributed by atoms with Crippen LogP contribution in [0.15, 0.2) is 77.2 Å². The summed E-state index contributed by atoms with van der Waals surface area (Å²) in [6.07, 6.45) is 17.9. The van der Waals surface area contributed by atoms with Crippen LogP contribution in [-0.2, 0) is 0 Å². The third-order valence-electron chi connectivity index (χ3n) is 14.8. The number of rotatable bonds is 2. The molecule has 0 aliphatic heterocycles. The zero-order valence-corrected chi connectivity index (χ0v) is 25.7. The highest BCUT2D eigenvalue weighted by Crippen LogP contribution is 2.70. The van der Waals surface area contributed by atoms with Crippen LogP contribution in [-0.4, -0.2) is 0 Å². The molecule has 0 radical (unpaired) electrons. The number of hydrogen-bond donors (Lipinski definition) is 0. The number of fused-ring (bicyclic) bond motifs is 9. The van der Waals surface area contributed by atoms with E-state index in [9.17, 15) is 0 Å². The van der Waals surface area contributed by atoms with E-state index in [2.05, 4.69) is 72.8 Å². The summed E-state index contributed by atoms with van der Waals surface area (Å²) in [5.74, 6) is 11.3. The van der Waals surface area contributed by atoms with Gasteiger partial charge in [0, 0.05) is 10.8 Å². The average molecular weight is 569 g/mol. The van der Waals surface area contributed by atoms with Crippen LogP contribution in [0.2, 0.25) is 0 Å². The van der Waals surface area contributed by atoms with Crippen LogP contribution in [0.4, 0.5) is 0 Å². The summed E-state index contributed by atoms with van der Waals surface area (Å²) in [6.45, 7) is 0. The third-order valence-corrected chi connectivity index (χ3v) is 14.8. The van der Waals surface area contributed by atoms with Gasteiger partial charge in [-0.3, -0.25) is 0 Å². The van der Waals surface area contributed by atoms with Gasteiger partial charge >= 0.3 is 0 Å². The Morgan fingerprint density at radius 2 is 1.07 bits per heavy atom. The fraction of sp³-hybridized carbons (Fsp3) is 0.571. The van der Waals surface area contributed by atoms with E-state index >= 15 is 0 Å². The van der Waals surface area contributed by atoms with Crippen LogP contribution in [0.5, 0.6) is 0 Å². The molecule has 3 aromatic carbocycles. The second-order valence-corrected chi connectivity index (χ2v) is 16.1. The minimum Gasteiger partial charge on any atom is -0.456 e. The lowest BCUT2D eigenvalue weighted by molar-refractivity contribution is -0.190. The standard InChI is InChI=1S/C42H48O/c1-2-10-25(11-3-1)26-20-21-31-34-17-9-16-33-29-12-4-5-13-30(29)37-23-27(24-38(36(31)22-26)41(37)40(33)34)28-15-8-18-35-32-14-6-7-19-39(32)43-42(28)35/h1-3,6-8,10-11,14-15,18-19,26-27,29-31,33-34,36-38,40-41H,4-5,9,12-13,16-17,20-24H2. The summed E-state index contributed by atoms with van der Waals surface area (Å²) < 4.78 is 6.73. The predicted molar refractivity (Wildman–Crippen MR) is 176 cm³/mol. The minimum absolute atomic E-state index is 0.646.